The summed E-state index contributed by atoms with van der Waals surface area (Å²) in [5.74, 6) is 0.719. The first-order chi connectivity index (χ1) is 9.74. The Hall–Kier alpha value is -2.04. The van der Waals surface area contributed by atoms with Crippen molar-refractivity contribution >= 4 is 17.2 Å². The van der Waals surface area contributed by atoms with E-state index in [1.807, 2.05) is 30.3 Å². The molecule has 0 fully saturated rings. The van der Waals surface area contributed by atoms with Crippen molar-refractivity contribution in [1.29, 1.82) is 0 Å². The monoisotopic (exact) mass is 288 g/mol. The molecule has 3 aromatic rings. The average Bonchev–Trinajstić information content (AvgIpc) is 2.84. The third-order valence-corrected chi connectivity index (χ3v) is 3.42. The number of nitrogens with zero attached hydrogens (tertiary/aromatic N) is 2. The summed E-state index contributed by atoms with van der Waals surface area (Å²) in [6.45, 7) is -0.130. The topological polar surface area (TPSA) is 46.8 Å². The third-order valence-electron chi connectivity index (χ3n) is 3.19. The number of fused-ring (bicyclic) bond motifs is 1. The lowest BCUT2D eigenvalue weighted by Gasteiger charge is -2.07. The molecule has 0 saturated carbocycles. The van der Waals surface area contributed by atoms with Gasteiger partial charge in [0.25, 0.3) is 0 Å². The Labute approximate surface area is 121 Å². The quantitative estimate of drug-likeness (QED) is 0.805. The van der Waals surface area contributed by atoms with Gasteiger partial charge in [-0.15, -0.1) is 0 Å². The molecule has 20 heavy (non-hydrogen) atoms. The van der Waals surface area contributed by atoms with Gasteiger partial charge in [-0.2, -0.15) is 0 Å². The number of rotatable bonds is 3. The molecule has 0 unspecified atom stereocenters. The van der Waals surface area contributed by atoms with E-state index in [1.54, 1.807) is 23.8 Å². The highest BCUT2D eigenvalue weighted by Gasteiger charge is 2.16. The van der Waals surface area contributed by atoms with Crippen LogP contribution in [0, 0.1) is 0 Å². The Morgan fingerprint density at radius 2 is 2.05 bits per heavy atom. The number of benzene rings is 1. The molecular formula is C15H13ClN2O2. The number of hydrogen-bond acceptors (Lipinski definition) is 3. The number of imidazole rings is 1. The standard InChI is InChI=1S/C15H13ClN2O2/c1-20-13-5-3-2-4-11(13)15-12(9-19)18-8-10(16)6-7-14(18)17-15/h2-8,19H,9H2,1H3. The van der Waals surface area contributed by atoms with E-state index < -0.39 is 0 Å². The molecule has 0 saturated heterocycles. The van der Waals surface area contributed by atoms with E-state index >= 15 is 0 Å². The molecule has 0 bridgehead atoms. The molecule has 1 N–H and O–H groups in total. The minimum absolute atomic E-state index is 0.130. The average molecular weight is 289 g/mol. The highest BCUT2D eigenvalue weighted by Crippen LogP contribution is 2.32. The first-order valence-corrected chi connectivity index (χ1v) is 6.53. The van der Waals surface area contributed by atoms with Gasteiger partial charge in [0.1, 0.15) is 11.4 Å². The van der Waals surface area contributed by atoms with Crippen molar-refractivity contribution in [2.45, 2.75) is 6.61 Å². The van der Waals surface area contributed by atoms with Crippen LogP contribution in [0.4, 0.5) is 0 Å². The van der Waals surface area contributed by atoms with E-state index in [9.17, 15) is 5.11 Å². The van der Waals surface area contributed by atoms with E-state index in [-0.39, 0.29) is 6.61 Å². The van der Waals surface area contributed by atoms with Crippen molar-refractivity contribution in [3.8, 4) is 17.0 Å². The summed E-state index contributed by atoms with van der Waals surface area (Å²) in [6.07, 6.45) is 1.74. The molecule has 0 aliphatic rings. The van der Waals surface area contributed by atoms with Crippen LogP contribution in [0.2, 0.25) is 5.02 Å². The van der Waals surface area contributed by atoms with Crippen molar-refractivity contribution in [1.82, 2.24) is 9.38 Å². The normalized spacial score (nSPS) is 10.9. The second kappa shape index (κ2) is 5.15. The Kier molecular flexibility index (Phi) is 3.34. The molecule has 102 valence electrons. The summed E-state index contributed by atoms with van der Waals surface area (Å²) in [4.78, 5) is 4.57. The molecule has 5 heteroatoms. The maximum Gasteiger partial charge on any atom is 0.137 e. The number of ether oxygens (including phenoxy) is 1. The van der Waals surface area contributed by atoms with Crippen LogP contribution >= 0.6 is 11.6 Å². The van der Waals surface area contributed by atoms with Gasteiger partial charge in [-0.05, 0) is 24.3 Å². The highest BCUT2D eigenvalue weighted by atomic mass is 35.5. The summed E-state index contributed by atoms with van der Waals surface area (Å²) in [5.41, 5.74) is 2.97. The third kappa shape index (κ3) is 2.03. The fraction of sp³-hybridized carbons (Fsp3) is 0.133. The largest absolute Gasteiger partial charge is 0.496 e. The van der Waals surface area contributed by atoms with Gasteiger partial charge in [-0.3, -0.25) is 4.40 Å². The number of para-hydroxylation sites is 1. The van der Waals surface area contributed by atoms with Crippen LogP contribution in [0.25, 0.3) is 16.9 Å². The van der Waals surface area contributed by atoms with Gasteiger partial charge >= 0.3 is 0 Å². The molecular weight excluding hydrogens is 276 g/mol. The summed E-state index contributed by atoms with van der Waals surface area (Å²) in [7, 11) is 1.62. The van der Waals surface area contributed by atoms with Gasteiger partial charge < -0.3 is 9.84 Å². The summed E-state index contributed by atoms with van der Waals surface area (Å²) in [6, 6.07) is 11.2. The number of pyridine rings is 1. The van der Waals surface area contributed by atoms with Gasteiger partial charge in [-0.1, -0.05) is 23.7 Å². The predicted molar refractivity (Wildman–Crippen MR) is 78.1 cm³/mol. The molecule has 2 aromatic heterocycles. The van der Waals surface area contributed by atoms with Crippen molar-refractivity contribution in [2.75, 3.05) is 7.11 Å². The van der Waals surface area contributed by atoms with Gasteiger partial charge in [0.05, 0.1) is 30.1 Å². The molecule has 0 aliphatic carbocycles. The number of aromatic nitrogens is 2. The smallest absolute Gasteiger partial charge is 0.137 e. The van der Waals surface area contributed by atoms with Crippen LogP contribution in [0.5, 0.6) is 5.75 Å². The van der Waals surface area contributed by atoms with Gasteiger partial charge in [0, 0.05) is 11.8 Å². The van der Waals surface area contributed by atoms with Gasteiger partial charge in [-0.25, -0.2) is 4.98 Å². The molecule has 3 rings (SSSR count). The second-order valence-corrected chi connectivity index (χ2v) is 4.78. The van der Waals surface area contributed by atoms with E-state index in [1.165, 1.54) is 0 Å². The minimum atomic E-state index is -0.130. The molecule has 0 amide bonds. The lowest BCUT2D eigenvalue weighted by Crippen LogP contribution is -1.95. The van der Waals surface area contributed by atoms with Crippen molar-refractivity contribution in [3.05, 3.63) is 53.3 Å². The molecule has 4 nitrogen and oxygen atoms in total. The molecule has 0 radical (unpaired) electrons. The van der Waals surface area contributed by atoms with Crippen molar-refractivity contribution in [3.63, 3.8) is 0 Å². The van der Waals surface area contributed by atoms with Crippen LogP contribution in [0.1, 0.15) is 5.69 Å². The van der Waals surface area contributed by atoms with Crippen molar-refractivity contribution in [2.24, 2.45) is 0 Å². The zero-order chi connectivity index (χ0) is 14.1. The molecule has 0 aliphatic heterocycles. The van der Waals surface area contributed by atoms with Crippen molar-refractivity contribution < 1.29 is 9.84 Å². The maximum atomic E-state index is 9.68. The zero-order valence-electron chi connectivity index (χ0n) is 10.9. The number of aliphatic hydroxyl groups is 1. The lowest BCUT2D eigenvalue weighted by molar-refractivity contribution is 0.276. The maximum absolute atomic E-state index is 9.68. The zero-order valence-corrected chi connectivity index (χ0v) is 11.6. The Bertz CT molecular complexity index is 768. The Balaban J connectivity index is 2.30. The van der Waals surface area contributed by atoms with Crippen LogP contribution < -0.4 is 4.74 Å². The lowest BCUT2D eigenvalue weighted by atomic mass is 10.1. The number of aliphatic hydroxyl groups excluding tert-OH is 1. The predicted octanol–water partition coefficient (Wildman–Crippen LogP) is 3.16. The van der Waals surface area contributed by atoms with Gasteiger partial charge in [0.2, 0.25) is 0 Å². The first-order valence-electron chi connectivity index (χ1n) is 6.15. The van der Waals surface area contributed by atoms with Gasteiger partial charge in [0.15, 0.2) is 0 Å². The number of hydrogen-bond donors (Lipinski definition) is 1. The van der Waals surface area contributed by atoms with Crippen LogP contribution in [-0.4, -0.2) is 21.6 Å². The fourth-order valence-electron chi connectivity index (χ4n) is 2.27. The number of methoxy groups -OCH3 is 1. The van der Waals surface area contributed by atoms with E-state index in [0.29, 0.717) is 16.4 Å². The molecule has 1 aromatic carbocycles. The molecule has 0 atom stereocenters. The summed E-state index contributed by atoms with van der Waals surface area (Å²) >= 11 is 6.01. The fourth-order valence-corrected chi connectivity index (χ4v) is 2.44. The van der Waals surface area contributed by atoms with E-state index in [2.05, 4.69) is 4.98 Å². The summed E-state index contributed by atoms with van der Waals surface area (Å²) in [5, 5.41) is 10.3. The summed E-state index contributed by atoms with van der Waals surface area (Å²) < 4.78 is 7.16. The van der Waals surface area contributed by atoms with Crippen LogP contribution in [0.3, 0.4) is 0 Å². The Morgan fingerprint density at radius 3 is 2.80 bits per heavy atom. The van der Waals surface area contributed by atoms with Crippen LogP contribution in [-0.2, 0) is 6.61 Å². The highest BCUT2D eigenvalue weighted by molar-refractivity contribution is 6.30. The first kappa shape index (κ1) is 13.0. The minimum Gasteiger partial charge on any atom is -0.496 e. The Morgan fingerprint density at radius 1 is 1.25 bits per heavy atom. The number of halogens is 1. The SMILES string of the molecule is COc1ccccc1-c1nc2ccc(Cl)cn2c1CO. The van der Waals surface area contributed by atoms with E-state index in [0.717, 1.165) is 17.0 Å². The molecule has 0 spiro atoms. The van der Waals surface area contributed by atoms with Crippen LogP contribution in [0.15, 0.2) is 42.6 Å². The second-order valence-electron chi connectivity index (χ2n) is 4.34. The van der Waals surface area contributed by atoms with E-state index in [4.69, 9.17) is 16.3 Å². The molecule has 2 heterocycles.